The Kier molecular flexibility index (Phi) is 4.12. The first-order valence-electron chi connectivity index (χ1n) is 8.78. The van der Waals surface area contributed by atoms with Crippen LogP contribution in [0.3, 0.4) is 0 Å². The van der Waals surface area contributed by atoms with Crippen molar-refractivity contribution < 1.29 is 13.9 Å². The SMILES string of the molecule is O=C(CC1CC1)N1CCOC2(CCCN(c3ncc(F)cn3)C2)C1. The Morgan fingerprint density at radius 2 is 2.08 bits per heavy atom. The van der Waals surface area contributed by atoms with Crippen LogP contribution >= 0.6 is 0 Å². The lowest BCUT2D eigenvalue weighted by Crippen LogP contribution is -2.61. The highest BCUT2D eigenvalue weighted by Crippen LogP contribution is 2.35. The summed E-state index contributed by atoms with van der Waals surface area (Å²) < 4.78 is 19.2. The number of hydrogen-bond donors (Lipinski definition) is 0. The fraction of sp³-hybridized carbons (Fsp3) is 0.706. The molecule has 1 aromatic heterocycles. The number of piperidine rings is 1. The van der Waals surface area contributed by atoms with E-state index in [0.717, 1.165) is 19.4 Å². The highest BCUT2D eigenvalue weighted by molar-refractivity contribution is 5.77. The van der Waals surface area contributed by atoms with Crippen LogP contribution in [0.1, 0.15) is 32.1 Å². The van der Waals surface area contributed by atoms with E-state index in [1.165, 1.54) is 25.2 Å². The molecule has 2 aliphatic heterocycles. The van der Waals surface area contributed by atoms with Crippen molar-refractivity contribution in [1.29, 1.82) is 0 Å². The topological polar surface area (TPSA) is 58.6 Å². The van der Waals surface area contributed by atoms with E-state index in [4.69, 9.17) is 4.74 Å². The molecule has 24 heavy (non-hydrogen) atoms. The lowest BCUT2D eigenvalue weighted by atomic mass is 9.90. The molecule has 1 unspecified atom stereocenters. The van der Waals surface area contributed by atoms with Crippen molar-refractivity contribution in [2.75, 3.05) is 37.7 Å². The van der Waals surface area contributed by atoms with E-state index in [0.29, 0.717) is 44.5 Å². The summed E-state index contributed by atoms with van der Waals surface area (Å²) in [4.78, 5) is 24.6. The minimum atomic E-state index is -0.434. The predicted molar refractivity (Wildman–Crippen MR) is 86.0 cm³/mol. The molecule has 3 heterocycles. The van der Waals surface area contributed by atoms with E-state index >= 15 is 0 Å². The summed E-state index contributed by atoms with van der Waals surface area (Å²) >= 11 is 0. The molecule has 1 aromatic rings. The minimum absolute atomic E-state index is 0.260. The third kappa shape index (κ3) is 3.36. The van der Waals surface area contributed by atoms with Gasteiger partial charge < -0.3 is 14.5 Å². The molecule has 3 fully saturated rings. The molecule has 0 aromatic carbocycles. The van der Waals surface area contributed by atoms with Crippen molar-refractivity contribution in [3.63, 3.8) is 0 Å². The number of nitrogens with zero attached hydrogens (tertiary/aromatic N) is 4. The van der Waals surface area contributed by atoms with Gasteiger partial charge in [0.05, 0.1) is 32.1 Å². The van der Waals surface area contributed by atoms with Crippen LogP contribution < -0.4 is 4.90 Å². The first-order chi connectivity index (χ1) is 11.6. The maximum absolute atomic E-state index is 13.0. The Hall–Kier alpha value is -1.76. The molecule has 1 saturated carbocycles. The monoisotopic (exact) mass is 334 g/mol. The number of aromatic nitrogens is 2. The van der Waals surface area contributed by atoms with Crippen LogP contribution in [0.2, 0.25) is 0 Å². The van der Waals surface area contributed by atoms with E-state index in [1.54, 1.807) is 0 Å². The quantitative estimate of drug-likeness (QED) is 0.841. The van der Waals surface area contributed by atoms with Gasteiger partial charge in [0.15, 0.2) is 5.82 Å². The van der Waals surface area contributed by atoms with E-state index < -0.39 is 5.82 Å². The Morgan fingerprint density at radius 3 is 2.83 bits per heavy atom. The summed E-state index contributed by atoms with van der Waals surface area (Å²) in [5.74, 6) is 0.957. The molecule has 4 rings (SSSR count). The lowest BCUT2D eigenvalue weighted by molar-refractivity contribution is -0.152. The molecule has 1 amide bonds. The average Bonchev–Trinajstić information content (AvgIpc) is 3.39. The van der Waals surface area contributed by atoms with Gasteiger partial charge in [0.2, 0.25) is 11.9 Å². The zero-order valence-electron chi connectivity index (χ0n) is 13.8. The van der Waals surface area contributed by atoms with Crippen molar-refractivity contribution in [2.45, 2.75) is 37.7 Å². The Bertz CT molecular complexity index is 603. The molecule has 3 aliphatic rings. The van der Waals surface area contributed by atoms with Crippen LogP contribution in [0.15, 0.2) is 12.4 Å². The van der Waals surface area contributed by atoms with Gasteiger partial charge in [-0.1, -0.05) is 0 Å². The second-order valence-corrected chi connectivity index (χ2v) is 7.22. The smallest absolute Gasteiger partial charge is 0.225 e. The van der Waals surface area contributed by atoms with Gasteiger partial charge >= 0.3 is 0 Å². The molecular weight excluding hydrogens is 311 g/mol. The van der Waals surface area contributed by atoms with Crippen molar-refractivity contribution in [3.8, 4) is 0 Å². The van der Waals surface area contributed by atoms with Gasteiger partial charge in [-0.15, -0.1) is 0 Å². The van der Waals surface area contributed by atoms with E-state index in [-0.39, 0.29) is 11.5 Å². The zero-order valence-corrected chi connectivity index (χ0v) is 13.8. The van der Waals surface area contributed by atoms with Crippen LogP contribution in [-0.4, -0.2) is 59.2 Å². The molecule has 1 spiro atoms. The van der Waals surface area contributed by atoms with Crippen LogP contribution in [-0.2, 0) is 9.53 Å². The summed E-state index contributed by atoms with van der Waals surface area (Å²) in [6, 6.07) is 0. The molecule has 7 heteroatoms. The number of anilines is 1. The van der Waals surface area contributed by atoms with Gasteiger partial charge in [0.1, 0.15) is 5.60 Å². The fourth-order valence-electron chi connectivity index (χ4n) is 3.74. The lowest BCUT2D eigenvalue weighted by Gasteiger charge is -2.48. The third-order valence-electron chi connectivity index (χ3n) is 5.19. The first kappa shape index (κ1) is 15.7. The number of carbonyl (C=O) groups excluding carboxylic acids is 1. The van der Waals surface area contributed by atoms with Crippen LogP contribution in [0.4, 0.5) is 10.3 Å². The van der Waals surface area contributed by atoms with Crippen molar-refractivity contribution in [1.82, 2.24) is 14.9 Å². The van der Waals surface area contributed by atoms with Gasteiger partial charge in [-0.3, -0.25) is 4.79 Å². The molecule has 2 saturated heterocycles. The predicted octanol–water partition coefficient (Wildman–Crippen LogP) is 1.61. The maximum atomic E-state index is 13.0. The first-order valence-corrected chi connectivity index (χ1v) is 8.78. The molecule has 1 aliphatic carbocycles. The number of amides is 1. The minimum Gasteiger partial charge on any atom is -0.369 e. The molecule has 6 nitrogen and oxygen atoms in total. The summed E-state index contributed by atoms with van der Waals surface area (Å²) in [7, 11) is 0. The normalized spacial score (nSPS) is 27.5. The van der Waals surface area contributed by atoms with Crippen molar-refractivity contribution in [3.05, 3.63) is 18.2 Å². The van der Waals surface area contributed by atoms with E-state index in [2.05, 4.69) is 9.97 Å². The highest BCUT2D eigenvalue weighted by Gasteiger charge is 2.42. The number of hydrogen-bond acceptors (Lipinski definition) is 5. The number of halogens is 1. The van der Waals surface area contributed by atoms with Gasteiger partial charge in [-0.05, 0) is 31.6 Å². The zero-order chi connectivity index (χ0) is 16.6. The number of carbonyl (C=O) groups is 1. The summed E-state index contributed by atoms with van der Waals surface area (Å²) in [6.45, 7) is 3.36. The highest BCUT2D eigenvalue weighted by atomic mass is 19.1. The van der Waals surface area contributed by atoms with E-state index in [9.17, 15) is 9.18 Å². The standard InChI is InChI=1S/C17H23FN4O2/c18-14-9-19-16(20-10-14)22-5-1-4-17(12-22)11-21(6-7-24-17)15(23)8-13-2-3-13/h9-10,13H,1-8,11-12H2. The Morgan fingerprint density at radius 1 is 1.29 bits per heavy atom. The molecular formula is C17H23FN4O2. The van der Waals surface area contributed by atoms with E-state index in [1.807, 2.05) is 9.80 Å². The van der Waals surface area contributed by atoms with Gasteiger partial charge in [-0.25, -0.2) is 14.4 Å². The van der Waals surface area contributed by atoms with Crippen molar-refractivity contribution >= 4 is 11.9 Å². The van der Waals surface area contributed by atoms with Crippen LogP contribution in [0.5, 0.6) is 0 Å². The Labute approximate surface area is 141 Å². The molecule has 1 atom stereocenters. The average molecular weight is 334 g/mol. The summed E-state index contributed by atoms with van der Waals surface area (Å²) in [5, 5.41) is 0. The number of ether oxygens (including phenoxy) is 1. The summed E-state index contributed by atoms with van der Waals surface area (Å²) in [6.07, 6.45) is 7.32. The molecule has 130 valence electrons. The van der Waals surface area contributed by atoms with Crippen LogP contribution in [0.25, 0.3) is 0 Å². The number of rotatable bonds is 3. The molecule has 0 radical (unpaired) electrons. The van der Waals surface area contributed by atoms with Crippen molar-refractivity contribution in [2.24, 2.45) is 5.92 Å². The molecule has 0 N–H and O–H groups in total. The van der Waals surface area contributed by atoms with Gasteiger partial charge in [0.25, 0.3) is 0 Å². The maximum Gasteiger partial charge on any atom is 0.225 e. The van der Waals surface area contributed by atoms with Gasteiger partial charge in [-0.2, -0.15) is 0 Å². The van der Waals surface area contributed by atoms with Gasteiger partial charge in [0, 0.05) is 19.5 Å². The third-order valence-corrected chi connectivity index (χ3v) is 5.19. The second-order valence-electron chi connectivity index (χ2n) is 7.22. The molecule has 0 bridgehead atoms. The fourth-order valence-corrected chi connectivity index (χ4v) is 3.74. The number of morpholine rings is 1. The summed E-state index contributed by atoms with van der Waals surface area (Å²) in [5.41, 5.74) is -0.354. The Balaban J connectivity index is 1.44. The van der Waals surface area contributed by atoms with Crippen LogP contribution in [0, 0.1) is 11.7 Å². The largest absolute Gasteiger partial charge is 0.369 e. The second kappa shape index (κ2) is 6.27.